The van der Waals surface area contributed by atoms with Crippen LogP contribution >= 0.6 is 15.9 Å². The fraction of sp³-hybridized carbons (Fsp3) is 0.263. The summed E-state index contributed by atoms with van der Waals surface area (Å²) in [6.45, 7) is 7.81. The van der Waals surface area contributed by atoms with Gasteiger partial charge in [-0.15, -0.1) is 6.58 Å². The number of aryl methyl sites for hydroxylation is 2. The lowest BCUT2D eigenvalue weighted by Crippen LogP contribution is -2.05. The average molecular weight is 437 g/mol. The quantitative estimate of drug-likeness (QED) is 0.378. The van der Waals surface area contributed by atoms with Crippen molar-refractivity contribution in [3.05, 3.63) is 64.0 Å². The predicted octanol–water partition coefficient (Wildman–Crippen LogP) is 4.28. The summed E-state index contributed by atoms with van der Waals surface area (Å²) in [5.41, 5.74) is 1.82. The second-order valence-electron chi connectivity index (χ2n) is 5.51. The first-order chi connectivity index (χ1) is 12.8. The van der Waals surface area contributed by atoms with Crippen molar-refractivity contribution in [2.45, 2.75) is 26.7 Å². The van der Waals surface area contributed by atoms with Crippen molar-refractivity contribution in [1.82, 2.24) is 9.97 Å². The molecule has 0 radical (unpaired) electrons. The lowest BCUT2D eigenvalue weighted by molar-refractivity contribution is 0.0679. The van der Waals surface area contributed by atoms with Crippen LogP contribution in [0.5, 0.6) is 5.88 Å². The predicted molar refractivity (Wildman–Crippen MR) is 104 cm³/mol. The number of hydrogen-bond donors (Lipinski definition) is 2. The van der Waals surface area contributed by atoms with Crippen molar-refractivity contribution in [3.63, 3.8) is 0 Å². The highest BCUT2D eigenvalue weighted by molar-refractivity contribution is 9.10. The molecule has 0 bridgehead atoms. The highest BCUT2D eigenvalue weighted by Gasteiger charge is 2.08. The molecular weight excluding hydrogens is 416 g/mol. The van der Waals surface area contributed by atoms with Crippen LogP contribution in [-0.2, 0) is 0 Å². The summed E-state index contributed by atoms with van der Waals surface area (Å²) in [4.78, 5) is 28.8. The fourth-order valence-electron chi connectivity index (χ4n) is 1.79. The Morgan fingerprint density at radius 1 is 1.07 bits per heavy atom. The Bertz CT molecular complexity index is 824. The smallest absolute Gasteiger partial charge is 0.354 e. The van der Waals surface area contributed by atoms with E-state index in [-0.39, 0.29) is 11.4 Å². The van der Waals surface area contributed by atoms with E-state index in [0.29, 0.717) is 17.1 Å². The van der Waals surface area contributed by atoms with Gasteiger partial charge in [0.05, 0.1) is 6.61 Å². The number of allylic oxidation sites excluding steroid dienone is 1. The van der Waals surface area contributed by atoms with Gasteiger partial charge in [0.25, 0.3) is 0 Å². The third-order valence-electron chi connectivity index (χ3n) is 3.32. The molecule has 7 nitrogen and oxygen atoms in total. The van der Waals surface area contributed by atoms with Crippen molar-refractivity contribution >= 4 is 27.9 Å². The largest absolute Gasteiger partial charge is 0.477 e. The molecule has 2 rings (SSSR count). The Labute approximate surface area is 165 Å². The summed E-state index contributed by atoms with van der Waals surface area (Å²) in [7, 11) is 0. The second-order valence-corrected chi connectivity index (χ2v) is 6.26. The summed E-state index contributed by atoms with van der Waals surface area (Å²) in [5.74, 6) is -1.66. The minimum atomic E-state index is -1.05. The molecule has 0 aliphatic carbocycles. The molecule has 0 amide bonds. The number of aromatic nitrogens is 2. The van der Waals surface area contributed by atoms with Gasteiger partial charge in [0.1, 0.15) is 10.3 Å². The Kier molecular flexibility index (Phi) is 9.15. The lowest BCUT2D eigenvalue weighted by Gasteiger charge is -2.07. The third kappa shape index (κ3) is 7.57. The molecule has 27 heavy (non-hydrogen) atoms. The zero-order valence-electron chi connectivity index (χ0n) is 15.1. The van der Waals surface area contributed by atoms with E-state index in [2.05, 4.69) is 32.5 Å². The van der Waals surface area contributed by atoms with Gasteiger partial charge >= 0.3 is 11.9 Å². The van der Waals surface area contributed by atoms with Crippen molar-refractivity contribution in [2.75, 3.05) is 6.61 Å². The van der Waals surface area contributed by atoms with E-state index in [9.17, 15) is 9.59 Å². The minimum absolute atomic E-state index is 0.00400. The highest BCUT2D eigenvalue weighted by Crippen LogP contribution is 2.15. The van der Waals surface area contributed by atoms with Gasteiger partial charge in [-0.2, -0.15) is 0 Å². The lowest BCUT2D eigenvalue weighted by atomic mass is 10.2. The van der Waals surface area contributed by atoms with Crippen molar-refractivity contribution in [1.29, 1.82) is 0 Å². The number of unbranched alkanes of at least 4 members (excludes halogenated alkanes) is 1. The van der Waals surface area contributed by atoms with E-state index < -0.39 is 11.9 Å². The van der Waals surface area contributed by atoms with E-state index in [1.54, 1.807) is 12.1 Å². The van der Waals surface area contributed by atoms with E-state index >= 15 is 0 Å². The number of ether oxygens (including phenoxy) is 1. The van der Waals surface area contributed by atoms with Crippen LogP contribution in [0.1, 0.15) is 44.9 Å². The Hall–Kier alpha value is -2.74. The summed E-state index contributed by atoms with van der Waals surface area (Å²) in [6.07, 6.45) is 3.54. The summed E-state index contributed by atoms with van der Waals surface area (Å²) in [6, 6.07) is 6.34. The van der Waals surface area contributed by atoms with Crippen molar-refractivity contribution in [3.8, 4) is 5.88 Å². The first kappa shape index (κ1) is 22.3. The van der Waals surface area contributed by atoms with Gasteiger partial charge in [-0.1, -0.05) is 18.2 Å². The maximum absolute atomic E-state index is 10.7. The Morgan fingerprint density at radius 2 is 1.63 bits per heavy atom. The summed E-state index contributed by atoms with van der Waals surface area (Å²) >= 11 is 3.14. The number of aromatic carboxylic acids is 2. The molecule has 0 saturated carbocycles. The zero-order valence-corrected chi connectivity index (χ0v) is 16.7. The van der Waals surface area contributed by atoms with Crippen molar-refractivity contribution in [2.24, 2.45) is 0 Å². The summed E-state index contributed by atoms with van der Waals surface area (Å²) in [5, 5.41) is 17.3. The third-order valence-corrected chi connectivity index (χ3v) is 4.12. The fourth-order valence-corrected chi connectivity index (χ4v) is 2.12. The van der Waals surface area contributed by atoms with Crippen LogP contribution in [0.15, 0.2) is 41.5 Å². The molecule has 0 aliphatic heterocycles. The van der Waals surface area contributed by atoms with Crippen LogP contribution < -0.4 is 4.74 Å². The molecular formula is C19H21BrN2O5. The average Bonchev–Trinajstić information content (AvgIpc) is 2.62. The molecule has 8 heteroatoms. The number of halogens is 1. The second kappa shape index (κ2) is 11.1. The maximum atomic E-state index is 10.7. The number of hydrogen-bond acceptors (Lipinski definition) is 5. The number of carbonyl (C=O) groups is 2. The topological polar surface area (TPSA) is 110 Å². The molecule has 0 aliphatic rings. The number of carboxylic acid groups (broad SMARTS) is 2. The molecule has 0 aromatic carbocycles. The van der Waals surface area contributed by atoms with Gasteiger partial charge in [0.2, 0.25) is 5.88 Å². The van der Waals surface area contributed by atoms with Gasteiger partial charge in [-0.25, -0.2) is 19.6 Å². The number of rotatable bonds is 7. The monoisotopic (exact) mass is 436 g/mol. The number of pyridine rings is 2. The van der Waals surface area contributed by atoms with Crippen LogP contribution in [0, 0.1) is 13.8 Å². The van der Waals surface area contributed by atoms with Gasteiger partial charge in [0, 0.05) is 5.56 Å². The highest BCUT2D eigenvalue weighted by atomic mass is 79.9. The molecule has 0 saturated heterocycles. The van der Waals surface area contributed by atoms with Gasteiger partial charge in [-0.05, 0) is 60.3 Å². The molecule has 2 N–H and O–H groups in total. The molecule has 0 atom stereocenters. The first-order valence-corrected chi connectivity index (χ1v) is 8.86. The van der Waals surface area contributed by atoms with E-state index in [1.807, 2.05) is 19.9 Å². The first-order valence-electron chi connectivity index (χ1n) is 8.07. The van der Waals surface area contributed by atoms with Crippen LogP contribution in [-0.4, -0.2) is 38.7 Å². The van der Waals surface area contributed by atoms with Crippen LogP contribution in [0.4, 0.5) is 0 Å². The molecule has 0 spiro atoms. The van der Waals surface area contributed by atoms with Gasteiger partial charge in [-0.3, -0.25) is 0 Å². The van der Waals surface area contributed by atoms with E-state index in [4.69, 9.17) is 14.9 Å². The summed E-state index contributed by atoms with van der Waals surface area (Å²) < 4.78 is 5.99. The number of carboxylic acids is 2. The van der Waals surface area contributed by atoms with Crippen LogP contribution in [0.2, 0.25) is 0 Å². The van der Waals surface area contributed by atoms with Gasteiger partial charge in [0.15, 0.2) is 5.69 Å². The molecule has 2 aromatic rings. The van der Waals surface area contributed by atoms with E-state index in [1.165, 1.54) is 12.1 Å². The molecule has 2 heterocycles. The normalized spacial score (nSPS) is 9.74. The van der Waals surface area contributed by atoms with Gasteiger partial charge < -0.3 is 14.9 Å². The standard InChI is InChI=1S/C12H15NO3.C7H6BrNO2/c1-3-4-5-8-16-11-9(2)6-7-10(13-11)12(14)15;1-4-2-3-5(7(10)11)9-6(4)8/h3,6-7H,1,4-5,8H2,2H3,(H,14,15);2-3H,1H3,(H,10,11). The number of nitrogens with zero attached hydrogens (tertiary/aromatic N) is 2. The SMILES string of the molecule is C=CCCCOc1nc(C(=O)O)ccc1C.Cc1ccc(C(=O)O)nc1Br. The zero-order chi connectivity index (χ0) is 20.4. The Balaban J connectivity index is 0.000000289. The molecule has 2 aromatic heterocycles. The molecule has 0 unspecified atom stereocenters. The molecule has 0 fully saturated rings. The molecule has 144 valence electrons. The Morgan fingerprint density at radius 3 is 2.15 bits per heavy atom. The minimum Gasteiger partial charge on any atom is -0.477 e. The maximum Gasteiger partial charge on any atom is 0.354 e. The van der Waals surface area contributed by atoms with Crippen LogP contribution in [0.3, 0.4) is 0 Å². The van der Waals surface area contributed by atoms with Crippen molar-refractivity contribution < 1.29 is 24.5 Å². The van der Waals surface area contributed by atoms with Crippen LogP contribution in [0.25, 0.3) is 0 Å². The van der Waals surface area contributed by atoms with E-state index in [0.717, 1.165) is 24.0 Å².